The van der Waals surface area contributed by atoms with Gasteiger partial charge in [-0.15, -0.1) is 0 Å². The zero-order valence-corrected chi connectivity index (χ0v) is 13.5. The number of nitrogens with one attached hydrogen (secondary N) is 2. The number of carbonyl (C=O) groups is 2. The number of nitrogens with zero attached hydrogens (tertiary/aromatic N) is 1. The maximum atomic E-state index is 12.0. The largest absolute Gasteiger partial charge is 0.355 e. The molecule has 1 aliphatic heterocycles. The molecule has 4 N–H and O–H groups in total. The van der Waals surface area contributed by atoms with Gasteiger partial charge in [0.25, 0.3) is 0 Å². The van der Waals surface area contributed by atoms with Crippen LogP contribution in [-0.4, -0.2) is 55.0 Å². The maximum Gasteiger partial charge on any atom is 0.234 e. The van der Waals surface area contributed by atoms with Crippen molar-refractivity contribution in [2.24, 2.45) is 11.7 Å². The van der Waals surface area contributed by atoms with Crippen LogP contribution in [0.1, 0.15) is 40.0 Å². The molecule has 0 radical (unpaired) electrons. The van der Waals surface area contributed by atoms with Gasteiger partial charge in [-0.3, -0.25) is 14.5 Å². The summed E-state index contributed by atoms with van der Waals surface area (Å²) in [7, 11) is 0. The lowest BCUT2D eigenvalue weighted by molar-refractivity contribution is -0.126. The number of carbonyl (C=O) groups excluding carboxylic acids is 2. The molecule has 0 aromatic heterocycles. The molecule has 1 heterocycles. The fraction of sp³-hybridized carbons (Fsp3) is 0.867. The van der Waals surface area contributed by atoms with Crippen LogP contribution >= 0.6 is 0 Å². The Bertz CT molecular complexity index is 339. The Labute approximate surface area is 127 Å². The molecule has 2 atom stereocenters. The second-order valence-corrected chi connectivity index (χ2v) is 6.06. The van der Waals surface area contributed by atoms with E-state index in [1.165, 1.54) is 0 Å². The highest BCUT2D eigenvalue weighted by atomic mass is 16.2. The van der Waals surface area contributed by atoms with Crippen LogP contribution in [-0.2, 0) is 9.59 Å². The molecule has 1 saturated heterocycles. The van der Waals surface area contributed by atoms with Crippen LogP contribution in [0.4, 0.5) is 0 Å². The summed E-state index contributed by atoms with van der Waals surface area (Å²) in [4.78, 5) is 25.8. The Balaban J connectivity index is 2.26. The highest BCUT2D eigenvalue weighted by Crippen LogP contribution is 2.11. The number of hydrogen-bond donors (Lipinski definition) is 3. The maximum absolute atomic E-state index is 12.0. The van der Waals surface area contributed by atoms with E-state index in [-0.39, 0.29) is 29.8 Å². The third-order valence-electron chi connectivity index (χ3n) is 4.08. The van der Waals surface area contributed by atoms with Crippen molar-refractivity contribution in [1.29, 1.82) is 0 Å². The summed E-state index contributed by atoms with van der Waals surface area (Å²) in [6.45, 7) is 8.62. The number of likely N-dealkylation sites (tertiary alicyclic amines) is 1. The Morgan fingerprint density at radius 3 is 2.43 bits per heavy atom. The summed E-state index contributed by atoms with van der Waals surface area (Å²) in [5.41, 5.74) is 5.75. The minimum absolute atomic E-state index is 0.0316. The highest BCUT2D eigenvalue weighted by molar-refractivity contribution is 5.79. The van der Waals surface area contributed by atoms with E-state index in [1.807, 2.05) is 20.8 Å². The molecule has 0 saturated carbocycles. The second kappa shape index (κ2) is 9.00. The van der Waals surface area contributed by atoms with Crippen LogP contribution < -0.4 is 16.4 Å². The summed E-state index contributed by atoms with van der Waals surface area (Å²) in [5.74, 6) is -0.0445. The van der Waals surface area contributed by atoms with Crippen LogP contribution in [0.5, 0.6) is 0 Å². The Morgan fingerprint density at radius 1 is 1.29 bits per heavy atom. The molecule has 1 fully saturated rings. The molecular weight excluding hydrogens is 268 g/mol. The molecule has 2 unspecified atom stereocenters. The first-order valence-electron chi connectivity index (χ1n) is 7.99. The van der Waals surface area contributed by atoms with Crippen LogP contribution in [0.2, 0.25) is 0 Å². The Morgan fingerprint density at radius 2 is 1.90 bits per heavy atom. The number of rotatable bonds is 7. The average molecular weight is 298 g/mol. The van der Waals surface area contributed by atoms with Crippen molar-refractivity contribution in [3.05, 3.63) is 0 Å². The molecule has 0 bridgehead atoms. The molecule has 122 valence electrons. The van der Waals surface area contributed by atoms with Crippen molar-refractivity contribution < 1.29 is 9.59 Å². The SMILES string of the molecule is CCCNC(=O)CN1CCC(NC(=O)C(C)C(C)N)CC1. The van der Waals surface area contributed by atoms with Crippen LogP contribution in [0.3, 0.4) is 0 Å². The molecular formula is C15H30N4O2. The quantitative estimate of drug-likeness (QED) is 0.621. The molecule has 2 amide bonds. The first kappa shape index (κ1) is 17.9. The van der Waals surface area contributed by atoms with Crippen molar-refractivity contribution in [3.63, 3.8) is 0 Å². The summed E-state index contributed by atoms with van der Waals surface area (Å²) >= 11 is 0. The van der Waals surface area contributed by atoms with E-state index in [0.29, 0.717) is 6.54 Å². The highest BCUT2D eigenvalue weighted by Gasteiger charge is 2.24. The van der Waals surface area contributed by atoms with Gasteiger partial charge in [-0.05, 0) is 26.2 Å². The van der Waals surface area contributed by atoms with E-state index in [4.69, 9.17) is 5.73 Å². The van der Waals surface area contributed by atoms with Gasteiger partial charge in [0.05, 0.1) is 6.54 Å². The molecule has 1 rings (SSSR count). The topological polar surface area (TPSA) is 87.5 Å². The normalized spacial score (nSPS) is 19.8. The van der Waals surface area contributed by atoms with E-state index >= 15 is 0 Å². The third-order valence-corrected chi connectivity index (χ3v) is 4.08. The standard InChI is InChI=1S/C15H30N4O2/c1-4-7-17-14(20)10-19-8-5-13(6-9-19)18-15(21)11(2)12(3)16/h11-13H,4-10,16H2,1-3H3,(H,17,20)(H,18,21). The molecule has 0 aliphatic carbocycles. The van der Waals surface area contributed by atoms with Gasteiger partial charge in [-0.2, -0.15) is 0 Å². The second-order valence-electron chi connectivity index (χ2n) is 6.06. The zero-order valence-electron chi connectivity index (χ0n) is 13.5. The van der Waals surface area contributed by atoms with Gasteiger partial charge in [-0.25, -0.2) is 0 Å². The predicted molar refractivity (Wildman–Crippen MR) is 83.7 cm³/mol. The lowest BCUT2D eigenvalue weighted by atomic mass is 10.0. The smallest absolute Gasteiger partial charge is 0.234 e. The summed E-state index contributed by atoms with van der Waals surface area (Å²) in [6.07, 6.45) is 2.73. The Kier molecular flexibility index (Phi) is 7.67. The van der Waals surface area contributed by atoms with Crippen molar-refractivity contribution in [1.82, 2.24) is 15.5 Å². The van der Waals surface area contributed by atoms with E-state index in [2.05, 4.69) is 15.5 Å². The number of amides is 2. The van der Waals surface area contributed by atoms with Crippen molar-refractivity contribution in [2.45, 2.75) is 52.1 Å². The molecule has 0 spiro atoms. The summed E-state index contributed by atoms with van der Waals surface area (Å²) < 4.78 is 0. The van der Waals surface area contributed by atoms with Crippen molar-refractivity contribution in [3.8, 4) is 0 Å². The minimum Gasteiger partial charge on any atom is -0.355 e. The third kappa shape index (κ3) is 6.44. The van der Waals surface area contributed by atoms with Crippen LogP contribution in [0.25, 0.3) is 0 Å². The average Bonchev–Trinajstić information content (AvgIpc) is 2.46. The number of nitrogens with two attached hydrogens (primary N) is 1. The molecule has 0 aromatic rings. The molecule has 6 heteroatoms. The van der Waals surface area contributed by atoms with Gasteiger partial charge in [0.15, 0.2) is 0 Å². The number of piperidine rings is 1. The van der Waals surface area contributed by atoms with Gasteiger partial charge in [-0.1, -0.05) is 13.8 Å². The van der Waals surface area contributed by atoms with E-state index in [0.717, 1.165) is 38.9 Å². The van der Waals surface area contributed by atoms with E-state index in [9.17, 15) is 9.59 Å². The fourth-order valence-corrected chi connectivity index (χ4v) is 2.33. The summed E-state index contributed by atoms with van der Waals surface area (Å²) in [5, 5.41) is 5.95. The Hall–Kier alpha value is -1.14. The first-order chi connectivity index (χ1) is 9.93. The lowest BCUT2D eigenvalue weighted by Crippen LogP contribution is -2.49. The van der Waals surface area contributed by atoms with Gasteiger partial charge in [0, 0.05) is 37.6 Å². The van der Waals surface area contributed by atoms with Gasteiger partial charge < -0.3 is 16.4 Å². The van der Waals surface area contributed by atoms with Gasteiger partial charge in [0.1, 0.15) is 0 Å². The fourth-order valence-electron chi connectivity index (χ4n) is 2.33. The molecule has 21 heavy (non-hydrogen) atoms. The monoisotopic (exact) mass is 298 g/mol. The molecule has 6 nitrogen and oxygen atoms in total. The van der Waals surface area contributed by atoms with Crippen molar-refractivity contribution in [2.75, 3.05) is 26.2 Å². The first-order valence-corrected chi connectivity index (χ1v) is 7.99. The number of hydrogen-bond acceptors (Lipinski definition) is 4. The van der Waals surface area contributed by atoms with Crippen LogP contribution in [0, 0.1) is 5.92 Å². The molecule has 0 aromatic carbocycles. The van der Waals surface area contributed by atoms with E-state index < -0.39 is 0 Å². The van der Waals surface area contributed by atoms with Crippen LogP contribution in [0.15, 0.2) is 0 Å². The molecule has 1 aliphatic rings. The van der Waals surface area contributed by atoms with Gasteiger partial charge in [0.2, 0.25) is 11.8 Å². The predicted octanol–water partition coefficient (Wildman–Crippen LogP) is 0.0765. The van der Waals surface area contributed by atoms with E-state index in [1.54, 1.807) is 0 Å². The van der Waals surface area contributed by atoms with Crippen molar-refractivity contribution >= 4 is 11.8 Å². The summed E-state index contributed by atoms with van der Waals surface area (Å²) in [6, 6.07) is 0.0704. The minimum atomic E-state index is -0.164. The van der Waals surface area contributed by atoms with Gasteiger partial charge >= 0.3 is 0 Å². The lowest BCUT2D eigenvalue weighted by Gasteiger charge is -2.32. The zero-order chi connectivity index (χ0) is 15.8.